The van der Waals surface area contributed by atoms with Crippen LogP contribution in [0, 0.1) is 0 Å². The molecular formula is C11H14N2O5S2. The smallest absolute Gasteiger partial charge is 0.335 e. The number of rotatable bonds is 8. The van der Waals surface area contributed by atoms with Crippen molar-refractivity contribution in [2.45, 2.75) is 11.4 Å². The Morgan fingerprint density at radius 2 is 2.05 bits per heavy atom. The Balaban J connectivity index is 2.50. The van der Waals surface area contributed by atoms with E-state index in [0.717, 1.165) is 11.8 Å². The maximum atomic E-state index is 11.6. The third-order valence-electron chi connectivity index (χ3n) is 2.29. The molecule has 0 bridgehead atoms. The summed E-state index contributed by atoms with van der Waals surface area (Å²) in [6.07, 6.45) is 1.16. The van der Waals surface area contributed by atoms with Gasteiger partial charge in [-0.05, 0) is 12.1 Å². The van der Waals surface area contributed by atoms with Crippen molar-refractivity contribution < 1.29 is 23.1 Å². The lowest BCUT2D eigenvalue weighted by Gasteiger charge is -2.03. The fraction of sp³-hybridized carbons (Fsp3) is 0.364. The van der Waals surface area contributed by atoms with E-state index in [0.29, 0.717) is 5.03 Å². The van der Waals surface area contributed by atoms with Gasteiger partial charge < -0.3 is 10.8 Å². The maximum Gasteiger partial charge on any atom is 0.335 e. The van der Waals surface area contributed by atoms with Crippen LogP contribution in [-0.2, 0) is 14.6 Å². The third-order valence-corrected chi connectivity index (χ3v) is 5.12. The predicted molar refractivity (Wildman–Crippen MR) is 74.4 cm³/mol. The molecule has 0 atom stereocenters. The highest BCUT2D eigenvalue weighted by molar-refractivity contribution is 8.00. The zero-order valence-corrected chi connectivity index (χ0v) is 12.1. The molecular weight excluding hydrogens is 304 g/mol. The Kier molecular flexibility index (Phi) is 5.96. The van der Waals surface area contributed by atoms with Gasteiger partial charge in [0.05, 0.1) is 22.1 Å². The van der Waals surface area contributed by atoms with E-state index in [4.69, 9.17) is 10.8 Å². The lowest BCUT2D eigenvalue weighted by molar-refractivity contribution is -0.117. The van der Waals surface area contributed by atoms with Crippen molar-refractivity contribution in [3.63, 3.8) is 0 Å². The molecule has 110 valence electrons. The molecule has 0 saturated carbocycles. The fourth-order valence-electron chi connectivity index (χ4n) is 1.25. The van der Waals surface area contributed by atoms with E-state index in [1.165, 1.54) is 18.3 Å². The molecule has 20 heavy (non-hydrogen) atoms. The summed E-state index contributed by atoms with van der Waals surface area (Å²) in [7, 11) is -3.34. The number of aromatic nitrogens is 1. The molecule has 0 spiro atoms. The van der Waals surface area contributed by atoms with Crippen LogP contribution in [-0.4, -0.2) is 47.6 Å². The minimum atomic E-state index is -3.34. The first-order chi connectivity index (χ1) is 9.30. The number of carbonyl (C=O) groups is 2. The van der Waals surface area contributed by atoms with Crippen molar-refractivity contribution >= 4 is 33.5 Å². The van der Waals surface area contributed by atoms with Gasteiger partial charge >= 0.3 is 5.97 Å². The summed E-state index contributed by atoms with van der Waals surface area (Å²) in [6, 6.07) is 2.74. The minimum Gasteiger partial charge on any atom is -0.478 e. The second kappa shape index (κ2) is 7.25. The number of amides is 1. The molecule has 0 saturated heterocycles. The number of sulfone groups is 1. The molecule has 1 amide bonds. The second-order valence-corrected chi connectivity index (χ2v) is 7.32. The zero-order valence-electron chi connectivity index (χ0n) is 10.5. The van der Waals surface area contributed by atoms with Crippen LogP contribution in [0.15, 0.2) is 23.4 Å². The summed E-state index contributed by atoms with van der Waals surface area (Å²) in [5.74, 6) is -1.88. The SMILES string of the molecule is NC(=O)CCS(=O)(=O)CCSc1cc(C(=O)O)ccn1. The first-order valence-electron chi connectivity index (χ1n) is 5.61. The molecule has 1 aromatic rings. The topological polar surface area (TPSA) is 127 Å². The average Bonchev–Trinajstić information content (AvgIpc) is 2.37. The van der Waals surface area contributed by atoms with E-state index in [-0.39, 0.29) is 29.2 Å². The monoisotopic (exact) mass is 318 g/mol. The van der Waals surface area contributed by atoms with Crippen LogP contribution >= 0.6 is 11.8 Å². The Morgan fingerprint density at radius 1 is 1.35 bits per heavy atom. The van der Waals surface area contributed by atoms with Crippen LogP contribution < -0.4 is 5.73 Å². The molecule has 0 aliphatic carbocycles. The van der Waals surface area contributed by atoms with E-state index < -0.39 is 21.7 Å². The number of hydrogen-bond donors (Lipinski definition) is 2. The first-order valence-corrected chi connectivity index (χ1v) is 8.42. The summed E-state index contributed by atoms with van der Waals surface area (Å²) in [6.45, 7) is 0. The van der Waals surface area contributed by atoms with Crippen molar-refractivity contribution in [3.05, 3.63) is 23.9 Å². The average molecular weight is 318 g/mol. The van der Waals surface area contributed by atoms with Gasteiger partial charge in [0.25, 0.3) is 0 Å². The van der Waals surface area contributed by atoms with E-state index in [9.17, 15) is 18.0 Å². The fourth-order valence-corrected chi connectivity index (χ4v) is 3.87. The molecule has 7 nitrogen and oxygen atoms in total. The van der Waals surface area contributed by atoms with Crippen molar-refractivity contribution in [1.82, 2.24) is 4.98 Å². The van der Waals surface area contributed by atoms with Gasteiger partial charge in [0.1, 0.15) is 0 Å². The molecule has 1 heterocycles. The number of hydrogen-bond acceptors (Lipinski definition) is 6. The number of aromatic carboxylic acids is 1. The first kappa shape index (κ1) is 16.4. The number of carboxylic acid groups (broad SMARTS) is 1. The number of primary amides is 1. The van der Waals surface area contributed by atoms with Gasteiger partial charge in [-0.15, -0.1) is 11.8 Å². The highest BCUT2D eigenvalue weighted by Gasteiger charge is 2.13. The standard InChI is InChI=1S/C11H14N2O5S2/c12-9(14)2-5-20(17,18)6-4-19-10-7-8(11(15)16)1-3-13-10/h1,3,7H,2,4-6H2,(H2,12,14)(H,15,16). The van der Waals surface area contributed by atoms with Crippen molar-refractivity contribution in [2.24, 2.45) is 5.73 Å². The molecule has 9 heteroatoms. The molecule has 0 aliphatic heterocycles. The van der Waals surface area contributed by atoms with Gasteiger partial charge in [-0.1, -0.05) is 0 Å². The number of nitrogens with two attached hydrogens (primary N) is 1. The van der Waals surface area contributed by atoms with Crippen LogP contribution in [0.2, 0.25) is 0 Å². The van der Waals surface area contributed by atoms with E-state index in [1.54, 1.807) is 0 Å². The Labute approximate surface area is 120 Å². The molecule has 0 aromatic carbocycles. The van der Waals surface area contributed by atoms with Crippen molar-refractivity contribution in [2.75, 3.05) is 17.3 Å². The van der Waals surface area contributed by atoms with Crippen LogP contribution in [0.1, 0.15) is 16.8 Å². The summed E-state index contributed by atoms with van der Waals surface area (Å²) < 4.78 is 23.1. The van der Waals surface area contributed by atoms with Gasteiger partial charge in [-0.25, -0.2) is 18.2 Å². The van der Waals surface area contributed by atoms with Crippen LogP contribution in [0.5, 0.6) is 0 Å². The minimum absolute atomic E-state index is 0.0964. The Hall–Kier alpha value is -1.61. The maximum absolute atomic E-state index is 11.6. The number of carboxylic acids is 1. The van der Waals surface area contributed by atoms with Gasteiger partial charge in [0, 0.05) is 18.4 Å². The lowest BCUT2D eigenvalue weighted by atomic mass is 10.3. The molecule has 0 unspecified atom stereocenters. The van der Waals surface area contributed by atoms with Crippen LogP contribution in [0.4, 0.5) is 0 Å². The number of carbonyl (C=O) groups excluding carboxylic acids is 1. The van der Waals surface area contributed by atoms with Gasteiger partial charge in [-0.2, -0.15) is 0 Å². The summed E-state index contributed by atoms with van der Waals surface area (Å²) in [5.41, 5.74) is 4.99. The largest absolute Gasteiger partial charge is 0.478 e. The van der Waals surface area contributed by atoms with E-state index >= 15 is 0 Å². The molecule has 1 rings (SSSR count). The highest BCUT2D eigenvalue weighted by Crippen LogP contribution is 2.16. The second-order valence-electron chi connectivity index (χ2n) is 3.90. The zero-order chi connectivity index (χ0) is 15.2. The summed E-state index contributed by atoms with van der Waals surface area (Å²) in [5, 5.41) is 9.25. The normalized spacial score (nSPS) is 11.2. The van der Waals surface area contributed by atoms with E-state index in [2.05, 4.69) is 4.98 Å². The lowest BCUT2D eigenvalue weighted by Crippen LogP contribution is -2.19. The molecule has 1 aromatic heterocycles. The van der Waals surface area contributed by atoms with Gasteiger partial charge in [0.15, 0.2) is 9.84 Å². The molecule has 0 radical (unpaired) electrons. The van der Waals surface area contributed by atoms with Crippen molar-refractivity contribution in [3.8, 4) is 0 Å². The Morgan fingerprint density at radius 3 is 2.65 bits per heavy atom. The summed E-state index contributed by atoms with van der Waals surface area (Å²) >= 11 is 1.14. The highest BCUT2D eigenvalue weighted by atomic mass is 32.2. The van der Waals surface area contributed by atoms with Gasteiger partial charge in [0.2, 0.25) is 5.91 Å². The van der Waals surface area contributed by atoms with Crippen LogP contribution in [0.3, 0.4) is 0 Å². The number of thioether (sulfide) groups is 1. The van der Waals surface area contributed by atoms with Crippen molar-refractivity contribution in [1.29, 1.82) is 0 Å². The predicted octanol–water partition coefficient (Wildman–Crippen LogP) is 0.162. The summed E-state index contributed by atoms with van der Waals surface area (Å²) in [4.78, 5) is 25.2. The van der Waals surface area contributed by atoms with Crippen LogP contribution in [0.25, 0.3) is 0 Å². The number of nitrogens with zero attached hydrogens (tertiary/aromatic N) is 1. The Bertz CT molecular complexity index is 601. The quantitative estimate of drug-likeness (QED) is 0.653. The third kappa shape index (κ3) is 6.02. The molecule has 3 N–H and O–H groups in total. The van der Waals surface area contributed by atoms with Gasteiger partial charge in [-0.3, -0.25) is 4.79 Å². The number of pyridine rings is 1. The van der Waals surface area contributed by atoms with E-state index in [1.807, 2.05) is 0 Å². The molecule has 0 fully saturated rings. The molecule has 0 aliphatic rings.